The number of benzene rings is 1. The number of nitrogens with one attached hydrogen (secondary N) is 2. The maximum absolute atomic E-state index is 12.1. The minimum atomic E-state index is -3.58. The quantitative estimate of drug-likeness (QED) is 0.807. The third kappa shape index (κ3) is 3.61. The van der Waals surface area contributed by atoms with Gasteiger partial charge < -0.3 is 5.32 Å². The molecular weight excluding hydrogens is 322 g/mol. The van der Waals surface area contributed by atoms with Crippen LogP contribution in [0.15, 0.2) is 34.2 Å². The summed E-state index contributed by atoms with van der Waals surface area (Å²) < 4.78 is 26.6. The molecule has 6 nitrogen and oxygen atoms in total. The fourth-order valence-corrected chi connectivity index (χ4v) is 3.86. The van der Waals surface area contributed by atoms with Crippen LogP contribution in [-0.4, -0.2) is 44.8 Å². The van der Waals surface area contributed by atoms with E-state index in [1.54, 1.807) is 30.0 Å². The van der Waals surface area contributed by atoms with Crippen molar-refractivity contribution in [3.8, 4) is 0 Å². The van der Waals surface area contributed by atoms with E-state index < -0.39 is 16.1 Å². The van der Waals surface area contributed by atoms with Crippen LogP contribution in [0.5, 0.6) is 0 Å². The van der Waals surface area contributed by atoms with Crippen LogP contribution in [-0.2, 0) is 14.8 Å². The topological polar surface area (TPSA) is 87.6 Å². The molecule has 0 fully saturated rings. The molecule has 1 aromatic carbocycles. The van der Waals surface area contributed by atoms with Crippen LogP contribution >= 0.6 is 11.8 Å². The molecule has 0 saturated carbocycles. The summed E-state index contributed by atoms with van der Waals surface area (Å²) in [6.07, 6.45) is 2.51. The lowest BCUT2D eigenvalue weighted by Gasteiger charge is -2.12. The average Bonchev–Trinajstić information content (AvgIpc) is 2.75. The van der Waals surface area contributed by atoms with Crippen LogP contribution in [0.4, 0.5) is 0 Å². The SMILES string of the molecule is CCNC(=O)C(CCSC)N=C1NS(=O)(=O)c2ccccc21. The zero-order valence-electron chi connectivity index (χ0n) is 12.5. The third-order valence-electron chi connectivity index (χ3n) is 3.20. The highest BCUT2D eigenvalue weighted by molar-refractivity contribution is 7.98. The zero-order chi connectivity index (χ0) is 16.2. The molecule has 2 N–H and O–H groups in total. The highest BCUT2D eigenvalue weighted by atomic mass is 32.2. The van der Waals surface area contributed by atoms with Gasteiger partial charge in [-0.25, -0.2) is 8.42 Å². The average molecular weight is 341 g/mol. The second-order valence-corrected chi connectivity index (χ2v) is 7.41. The number of hydrogen-bond acceptors (Lipinski definition) is 5. The van der Waals surface area contributed by atoms with Gasteiger partial charge in [0.2, 0.25) is 5.91 Å². The third-order valence-corrected chi connectivity index (χ3v) is 5.24. The van der Waals surface area contributed by atoms with Crippen molar-refractivity contribution in [3.05, 3.63) is 29.8 Å². The summed E-state index contributed by atoms with van der Waals surface area (Å²) >= 11 is 1.62. The van der Waals surface area contributed by atoms with E-state index >= 15 is 0 Å². The molecule has 0 aliphatic carbocycles. The lowest BCUT2D eigenvalue weighted by atomic mass is 10.2. The number of fused-ring (bicyclic) bond motifs is 1. The summed E-state index contributed by atoms with van der Waals surface area (Å²) in [6.45, 7) is 2.35. The van der Waals surface area contributed by atoms with Crippen LogP contribution in [0.3, 0.4) is 0 Å². The molecule has 1 amide bonds. The summed E-state index contributed by atoms with van der Waals surface area (Å²) in [6, 6.07) is 6.03. The van der Waals surface area contributed by atoms with Crippen molar-refractivity contribution < 1.29 is 13.2 Å². The Bertz CT molecular complexity index is 686. The van der Waals surface area contributed by atoms with Crippen LogP contribution < -0.4 is 10.0 Å². The number of carbonyl (C=O) groups is 1. The van der Waals surface area contributed by atoms with Gasteiger partial charge in [0, 0.05) is 12.1 Å². The van der Waals surface area contributed by atoms with Crippen molar-refractivity contribution in [2.75, 3.05) is 18.6 Å². The summed E-state index contributed by atoms with van der Waals surface area (Å²) in [5.41, 5.74) is 0.515. The number of likely N-dealkylation sites (N-methyl/N-ethyl adjacent to an activating group) is 1. The summed E-state index contributed by atoms with van der Waals surface area (Å²) in [5.74, 6) is 0.827. The highest BCUT2D eigenvalue weighted by Crippen LogP contribution is 2.23. The molecule has 0 saturated heterocycles. The minimum Gasteiger partial charge on any atom is -0.355 e. The van der Waals surface area contributed by atoms with Crippen molar-refractivity contribution in [1.82, 2.24) is 10.0 Å². The molecule has 0 aromatic heterocycles. The molecule has 8 heteroatoms. The van der Waals surface area contributed by atoms with E-state index in [-0.39, 0.29) is 16.6 Å². The van der Waals surface area contributed by atoms with Crippen molar-refractivity contribution in [2.45, 2.75) is 24.3 Å². The van der Waals surface area contributed by atoms with Crippen molar-refractivity contribution in [1.29, 1.82) is 0 Å². The largest absolute Gasteiger partial charge is 0.355 e. The Morgan fingerprint density at radius 1 is 1.41 bits per heavy atom. The van der Waals surface area contributed by atoms with Crippen LogP contribution in [0.1, 0.15) is 18.9 Å². The van der Waals surface area contributed by atoms with Gasteiger partial charge in [-0.3, -0.25) is 14.5 Å². The predicted octanol–water partition coefficient (Wildman–Crippen LogP) is 0.983. The van der Waals surface area contributed by atoms with E-state index in [4.69, 9.17) is 0 Å². The molecule has 1 atom stereocenters. The molecular formula is C14H19N3O3S2. The minimum absolute atomic E-state index is 0.187. The first-order chi connectivity index (χ1) is 10.5. The molecule has 2 rings (SSSR count). The maximum atomic E-state index is 12.1. The second-order valence-electron chi connectivity index (χ2n) is 4.77. The van der Waals surface area contributed by atoms with Crippen LogP contribution in [0.25, 0.3) is 0 Å². The highest BCUT2D eigenvalue weighted by Gasteiger charge is 2.31. The number of amides is 1. The Labute approximate surface area is 134 Å². The Kier molecular flexibility index (Phi) is 5.47. The molecule has 22 heavy (non-hydrogen) atoms. The van der Waals surface area contributed by atoms with Crippen molar-refractivity contribution in [3.63, 3.8) is 0 Å². The smallest absolute Gasteiger partial charge is 0.263 e. The second kappa shape index (κ2) is 7.15. The van der Waals surface area contributed by atoms with E-state index in [9.17, 15) is 13.2 Å². The zero-order valence-corrected chi connectivity index (χ0v) is 14.1. The van der Waals surface area contributed by atoms with Crippen molar-refractivity contribution >= 4 is 33.5 Å². The number of thioether (sulfide) groups is 1. The van der Waals surface area contributed by atoms with E-state index in [1.165, 1.54) is 6.07 Å². The van der Waals surface area contributed by atoms with Gasteiger partial charge in [-0.2, -0.15) is 11.8 Å². The molecule has 120 valence electrons. The number of rotatable bonds is 6. The van der Waals surface area contributed by atoms with Gasteiger partial charge in [0.1, 0.15) is 11.9 Å². The standard InChI is InChI=1S/C14H19N3O3S2/c1-3-15-14(18)11(8-9-21-2)16-13-10-6-4-5-7-12(10)22(19,20)17-13/h4-7,11H,3,8-9H2,1-2H3,(H,15,18)(H,16,17). The fraction of sp³-hybridized carbons (Fsp3) is 0.429. The van der Waals surface area contributed by atoms with Gasteiger partial charge in [-0.15, -0.1) is 0 Å². The van der Waals surface area contributed by atoms with Gasteiger partial charge >= 0.3 is 0 Å². The molecule has 1 aromatic rings. The number of sulfonamides is 1. The van der Waals surface area contributed by atoms with Crippen LogP contribution in [0.2, 0.25) is 0 Å². The van der Waals surface area contributed by atoms with E-state index in [0.29, 0.717) is 18.5 Å². The van der Waals surface area contributed by atoms with Gasteiger partial charge in [0.15, 0.2) is 0 Å². The van der Waals surface area contributed by atoms with E-state index in [1.807, 2.05) is 13.2 Å². The molecule has 0 spiro atoms. The molecule has 1 unspecified atom stereocenters. The normalized spacial score (nSPS) is 18.5. The number of amidine groups is 1. The molecule has 1 aliphatic heterocycles. The Morgan fingerprint density at radius 3 is 2.82 bits per heavy atom. The molecule has 0 radical (unpaired) electrons. The number of nitrogens with zero attached hydrogens (tertiary/aromatic N) is 1. The van der Waals surface area contributed by atoms with Gasteiger partial charge in [-0.05, 0) is 37.5 Å². The lowest BCUT2D eigenvalue weighted by molar-refractivity contribution is -0.122. The monoisotopic (exact) mass is 341 g/mol. The number of aliphatic imine (C=N–C) groups is 1. The Balaban J connectivity index is 2.35. The fourth-order valence-electron chi connectivity index (χ4n) is 2.16. The first-order valence-electron chi connectivity index (χ1n) is 6.96. The first-order valence-corrected chi connectivity index (χ1v) is 9.84. The van der Waals surface area contributed by atoms with Gasteiger partial charge in [0.25, 0.3) is 10.0 Å². The van der Waals surface area contributed by atoms with E-state index in [2.05, 4.69) is 15.0 Å². The van der Waals surface area contributed by atoms with Gasteiger partial charge in [-0.1, -0.05) is 12.1 Å². The molecule has 0 bridgehead atoms. The summed E-state index contributed by atoms with van der Waals surface area (Å²) in [7, 11) is -3.58. The summed E-state index contributed by atoms with van der Waals surface area (Å²) in [4.78, 5) is 16.7. The maximum Gasteiger partial charge on any atom is 0.263 e. The first kappa shape index (κ1) is 16.8. The summed E-state index contributed by atoms with van der Waals surface area (Å²) in [5, 5.41) is 2.74. The number of carbonyl (C=O) groups excluding carboxylic acids is 1. The Hall–Kier alpha value is -1.54. The molecule has 1 heterocycles. The lowest BCUT2D eigenvalue weighted by Crippen LogP contribution is -2.35. The van der Waals surface area contributed by atoms with Crippen molar-refractivity contribution in [2.24, 2.45) is 4.99 Å². The Morgan fingerprint density at radius 2 is 2.14 bits per heavy atom. The van der Waals surface area contributed by atoms with Crippen LogP contribution in [0, 0.1) is 0 Å². The predicted molar refractivity (Wildman–Crippen MR) is 88.8 cm³/mol. The number of hydrogen-bond donors (Lipinski definition) is 2. The van der Waals surface area contributed by atoms with Gasteiger partial charge in [0.05, 0.1) is 4.90 Å². The molecule has 1 aliphatic rings. The van der Waals surface area contributed by atoms with E-state index in [0.717, 1.165) is 5.75 Å².